The summed E-state index contributed by atoms with van der Waals surface area (Å²) in [6.07, 6.45) is -4.39. The van der Waals surface area contributed by atoms with Gasteiger partial charge >= 0.3 is 12.2 Å². The van der Waals surface area contributed by atoms with Crippen molar-refractivity contribution in [3.63, 3.8) is 0 Å². The first kappa shape index (κ1) is 12.2. The van der Waals surface area contributed by atoms with Crippen LogP contribution in [0, 0.1) is 0 Å². The number of nitrogens with two attached hydrogens (primary N) is 1. The maximum Gasteiger partial charge on any atom is 0.416 e. The number of carbonyl (C=O) groups is 1. The fourth-order valence-corrected chi connectivity index (χ4v) is 1.50. The zero-order valence-electron chi connectivity index (χ0n) is 8.95. The third kappa shape index (κ3) is 2.50. The second-order valence-corrected chi connectivity index (χ2v) is 3.59. The third-order valence-electron chi connectivity index (χ3n) is 2.27. The minimum absolute atomic E-state index is 0.190. The fourth-order valence-electron chi connectivity index (χ4n) is 1.50. The van der Waals surface area contributed by atoms with Gasteiger partial charge in [-0.25, -0.2) is 9.78 Å². The van der Waals surface area contributed by atoms with E-state index in [1.165, 1.54) is 18.2 Å². The first-order valence-corrected chi connectivity index (χ1v) is 4.91. The molecule has 4 nitrogen and oxygen atoms in total. The van der Waals surface area contributed by atoms with E-state index in [0.717, 1.165) is 12.1 Å². The Bertz CT molecular complexity index is 610. The van der Waals surface area contributed by atoms with Gasteiger partial charge in [0.15, 0.2) is 0 Å². The summed E-state index contributed by atoms with van der Waals surface area (Å²) in [6, 6.07) is 5.20. The van der Waals surface area contributed by atoms with Gasteiger partial charge in [-0.15, -0.1) is 0 Å². The Labute approximate surface area is 99.6 Å². The number of nitrogens with zero attached hydrogens (tertiary/aromatic N) is 1. The van der Waals surface area contributed by atoms with E-state index >= 15 is 0 Å². The molecule has 2 amide bonds. The third-order valence-corrected chi connectivity index (χ3v) is 2.27. The minimum Gasteiger partial charge on any atom is -0.351 e. The van der Waals surface area contributed by atoms with Gasteiger partial charge in [0.1, 0.15) is 5.82 Å². The van der Waals surface area contributed by atoms with Crippen LogP contribution in [0.5, 0.6) is 0 Å². The van der Waals surface area contributed by atoms with Crippen molar-refractivity contribution in [1.82, 2.24) is 4.98 Å². The molecule has 3 N–H and O–H groups in total. The highest BCUT2D eigenvalue weighted by Gasteiger charge is 2.30. The summed E-state index contributed by atoms with van der Waals surface area (Å²) in [5, 5.41) is 2.58. The van der Waals surface area contributed by atoms with E-state index in [1.54, 1.807) is 0 Å². The monoisotopic (exact) mass is 255 g/mol. The topological polar surface area (TPSA) is 68.0 Å². The molecule has 0 aliphatic rings. The number of urea groups is 1. The molecule has 0 aliphatic heterocycles. The molecule has 1 heterocycles. The Balaban J connectivity index is 2.45. The van der Waals surface area contributed by atoms with Crippen LogP contribution in [0.3, 0.4) is 0 Å². The van der Waals surface area contributed by atoms with E-state index in [-0.39, 0.29) is 5.82 Å². The molecule has 7 heteroatoms. The van der Waals surface area contributed by atoms with Crippen molar-refractivity contribution in [2.45, 2.75) is 6.18 Å². The number of hydrogen-bond donors (Lipinski definition) is 2. The summed E-state index contributed by atoms with van der Waals surface area (Å²) in [6.45, 7) is 0. The number of primary amides is 1. The largest absolute Gasteiger partial charge is 0.416 e. The average Bonchev–Trinajstić information content (AvgIpc) is 2.26. The predicted molar refractivity (Wildman–Crippen MR) is 60.0 cm³/mol. The maximum atomic E-state index is 12.5. The summed E-state index contributed by atoms with van der Waals surface area (Å²) in [4.78, 5) is 14.6. The van der Waals surface area contributed by atoms with E-state index in [2.05, 4.69) is 10.3 Å². The van der Waals surface area contributed by atoms with Crippen LogP contribution in [0.4, 0.5) is 23.8 Å². The molecule has 0 radical (unpaired) electrons. The van der Waals surface area contributed by atoms with Crippen LogP contribution >= 0.6 is 0 Å². The van der Waals surface area contributed by atoms with E-state index in [0.29, 0.717) is 10.9 Å². The fraction of sp³-hybridized carbons (Fsp3) is 0.0909. The van der Waals surface area contributed by atoms with Crippen molar-refractivity contribution in [2.75, 3.05) is 5.32 Å². The number of anilines is 1. The first-order valence-electron chi connectivity index (χ1n) is 4.91. The van der Waals surface area contributed by atoms with Crippen LogP contribution in [-0.2, 0) is 6.18 Å². The molecule has 2 rings (SSSR count). The molecule has 1 aromatic heterocycles. The number of pyridine rings is 1. The normalized spacial score (nSPS) is 11.5. The number of fused-ring (bicyclic) bond motifs is 1. The minimum atomic E-state index is -4.39. The van der Waals surface area contributed by atoms with E-state index in [1.807, 2.05) is 0 Å². The van der Waals surface area contributed by atoms with E-state index in [4.69, 9.17) is 5.73 Å². The van der Waals surface area contributed by atoms with Gasteiger partial charge in [0, 0.05) is 5.39 Å². The smallest absolute Gasteiger partial charge is 0.351 e. The Morgan fingerprint density at radius 1 is 1.22 bits per heavy atom. The van der Waals surface area contributed by atoms with Crippen LogP contribution < -0.4 is 11.1 Å². The Hall–Kier alpha value is -2.31. The molecule has 2 aromatic rings. The van der Waals surface area contributed by atoms with Gasteiger partial charge < -0.3 is 5.73 Å². The summed E-state index contributed by atoms with van der Waals surface area (Å²) >= 11 is 0. The number of hydrogen-bond acceptors (Lipinski definition) is 2. The van der Waals surface area contributed by atoms with E-state index < -0.39 is 17.8 Å². The molecule has 0 unspecified atom stereocenters. The van der Waals surface area contributed by atoms with Gasteiger partial charge in [0.25, 0.3) is 0 Å². The summed E-state index contributed by atoms with van der Waals surface area (Å²) in [5.41, 5.74) is 4.51. The lowest BCUT2D eigenvalue weighted by Gasteiger charge is -2.08. The van der Waals surface area contributed by atoms with Gasteiger partial charge in [-0.2, -0.15) is 13.2 Å². The van der Waals surface area contributed by atoms with Crippen LogP contribution in [-0.4, -0.2) is 11.0 Å². The molecule has 0 aliphatic carbocycles. The molecule has 1 aromatic carbocycles. The summed E-state index contributed by atoms with van der Waals surface area (Å²) < 4.78 is 37.4. The van der Waals surface area contributed by atoms with Crippen molar-refractivity contribution in [3.05, 3.63) is 35.9 Å². The quantitative estimate of drug-likeness (QED) is 0.822. The molecule has 0 atom stereocenters. The maximum absolute atomic E-state index is 12.5. The number of carbonyl (C=O) groups excluding carboxylic acids is 1. The Morgan fingerprint density at radius 3 is 2.56 bits per heavy atom. The number of nitrogens with one attached hydrogen (secondary N) is 1. The van der Waals surface area contributed by atoms with Gasteiger partial charge in [-0.1, -0.05) is 0 Å². The number of rotatable bonds is 1. The van der Waals surface area contributed by atoms with Gasteiger partial charge in [0.05, 0.1) is 11.1 Å². The number of benzene rings is 1. The zero-order chi connectivity index (χ0) is 13.3. The van der Waals surface area contributed by atoms with Crippen molar-refractivity contribution < 1.29 is 18.0 Å². The van der Waals surface area contributed by atoms with Crippen LogP contribution in [0.25, 0.3) is 10.9 Å². The number of halogens is 3. The molecular formula is C11H8F3N3O. The van der Waals surface area contributed by atoms with E-state index in [9.17, 15) is 18.0 Å². The van der Waals surface area contributed by atoms with Crippen LogP contribution in [0.2, 0.25) is 0 Å². The Morgan fingerprint density at radius 2 is 1.94 bits per heavy atom. The van der Waals surface area contributed by atoms with Crippen molar-refractivity contribution in [1.29, 1.82) is 0 Å². The van der Waals surface area contributed by atoms with Gasteiger partial charge in [0.2, 0.25) is 0 Å². The molecule has 94 valence electrons. The molecule has 0 spiro atoms. The van der Waals surface area contributed by atoms with Gasteiger partial charge in [-0.05, 0) is 30.3 Å². The van der Waals surface area contributed by atoms with Crippen molar-refractivity contribution >= 4 is 22.8 Å². The number of alkyl halides is 3. The lowest BCUT2D eigenvalue weighted by molar-refractivity contribution is -0.137. The molecule has 0 saturated heterocycles. The highest BCUT2D eigenvalue weighted by molar-refractivity contribution is 5.89. The summed E-state index contributed by atoms with van der Waals surface area (Å²) in [5.74, 6) is 0.190. The molecular weight excluding hydrogens is 247 g/mol. The standard InChI is InChI=1S/C11H8F3N3O/c12-11(13,14)7-2-3-8-6(5-7)1-4-9(16-8)17-10(15)18/h1-5H,(H3,15,16,17,18). The zero-order valence-corrected chi connectivity index (χ0v) is 8.95. The highest BCUT2D eigenvalue weighted by atomic mass is 19.4. The van der Waals surface area contributed by atoms with Crippen LogP contribution in [0.15, 0.2) is 30.3 Å². The van der Waals surface area contributed by atoms with Gasteiger partial charge in [-0.3, -0.25) is 5.32 Å². The Kier molecular flexibility index (Phi) is 2.82. The molecule has 0 saturated carbocycles. The number of amides is 2. The van der Waals surface area contributed by atoms with Crippen molar-refractivity contribution in [2.24, 2.45) is 5.73 Å². The highest BCUT2D eigenvalue weighted by Crippen LogP contribution is 2.31. The lowest BCUT2D eigenvalue weighted by Crippen LogP contribution is -2.19. The molecule has 0 bridgehead atoms. The van der Waals surface area contributed by atoms with Crippen LogP contribution in [0.1, 0.15) is 5.56 Å². The molecule has 0 fully saturated rings. The van der Waals surface area contributed by atoms with Crippen molar-refractivity contribution in [3.8, 4) is 0 Å². The average molecular weight is 255 g/mol. The lowest BCUT2D eigenvalue weighted by atomic mass is 10.1. The SMILES string of the molecule is NC(=O)Nc1ccc2cc(C(F)(F)F)ccc2n1. The first-order chi connectivity index (χ1) is 8.36. The second-order valence-electron chi connectivity index (χ2n) is 3.59. The predicted octanol–water partition coefficient (Wildman–Crippen LogP) is 2.74. The second kappa shape index (κ2) is 4.17. The molecule has 18 heavy (non-hydrogen) atoms. The summed E-state index contributed by atoms with van der Waals surface area (Å²) in [7, 11) is 0. The number of aromatic nitrogens is 1.